The number of nitrogens with zero attached hydrogens (tertiary/aromatic N) is 1. The number of hydrogen-bond acceptors (Lipinski definition) is 3. The van der Waals surface area contributed by atoms with Crippen LogP contribution >= 0.6 is 0 Å². The number of para-hydroxylation sites is 1. The zero-order valence-corrected chi connectivity index (χ0v) is 16.3. The average Bonchev–Trinajstić information content (AvgIpc) is 2.72. The molecule has 0 spiro atoms. The molecule has 4 nitrogen and oxygen atoms in total. The van der Waals surface area contributed by atoms with Gasteiger partial charge in [0, 0.05) is 18.3 Å². The molecular weight excluding hydrogens is 348 g/mol. The number of ether oxygens (including phenoxy) is 1. The summed E-state index contributed by atoms with van der Waals surface area (Å²) >= 11 is 0. The van der Waals surface area contributed by atoms with Crippen LogP contribution in [0.1, 0.15) is 19.4 Å². The van der Waals surface area contributed by atoms with Crippen molar-refractivity contribution >= 4 is 11.6 Å². The van der Waals surface area contributed by atoms with Gasteiger partial charge in [-0.25, -0.2) is 0 Å². The fourth-order valence-electron chi connectivity index (χ4n) is 2.88. The van der Waals surface area contributed by atoms with E-state index < -0.39 is 0 Å². The molecule has 1 N–H and O–H groups in total. The van der Waals surface area contributed by atoms with Crippen LogP contribution in [0.5, 0.6) is 11.5 Å². The lowest BCUT2D eigenvalue weighted by molar-refractivity contribution is -0.131. The van der Waals surface area contributed by atoms with E-state index in [1.807, 2.05) is 104 Å². The van der Waals surface area contributed by atoms with Gasteiger partial charge in [-0.1, -0.05) is 48.5 Å². The highest BCUT2D eigenvalue weighted by Crippen LogP contribution is 2.22. The zero-order chi connectivity index (χ0) is 19.8. The number of amides is 1. The minimum absolute atomic E-state index is 0.0727. The lowest BCUT2D eigenvalue weighted by Gasteiger charge is -2.27. The molecule has 0 aliphatic carbocycles. The molecule has 0 aliphatic heterocycles. The van der Waals surface area contributed by atoms with Gasteiger partial charge < -0.3 is 15.0 Å². The van der Waals surface area contributed by atoms with Gasteiger partial charge >= 0.3 is 0 Å². The molecule has 0 bridgehead atoms. The van der Waals surface area contributed by atoms with Gasteiger partial charge in [0.2, 0.25) is 5.91 Å². The van der Waals surface area contributed by atoms with E-state index in [-0.39, 0.29) is 18.5 Å². The first-order chi connectivity index (χ1) is 13.6. The molecule has 0 heterocycles. The van der Waals surface area contributed by atoms with Crippen LogP contribution in [0.25, 0.3) is 0 Å². The Hall–Kier alpha value is -3.27. The second kappa shape index (κ2) is 9.60. The van der Waals surface area contributed by atoms with Crippen LogP contribution in [0, 0.1) is 0 Å². The van der Waals surface area contributed by atoms with Crippen LogP contribution in [0.3, 0.4) is 0 Å². The van der Waals surface area contributed by atoms with Gasteiger partial charge in [0.05, 0.1) is 6.54 Å². The van der Waals surface area contributed by atoms with Crippen LogP contribution in [0.4, 0.5) is 5.69 Å². The molecule has 1 amide bonds. The Morgan fingerprint density at radius 3 is 2.04 bits per heavy atom. The Kier molecular flexibility index (Phi) is 6.68. The number of carbonyl (C=O) groups excluding carboxylic acids is 1. The molecule has 0 atom stereocenters. The average molecular weight is 374 g/mol. The van der Waals surface area contributed by atoms with Crippen LogP contribution in [0.15, 0.2) is 84.9 Å². The first-order valence-electron chi connectivity index (χ1n) is 9.52. The van der Waals surface area contributed by atoms with Gasteiger partial charge in [0.1, 0.15) is 11.5 Å². The second-order valence-electron chi connectivity index (χ2n) is 6.89. The zero-order valence-electron chi connectivity index (χ0n) is 16.3. The number of rotatable bonds is 8. The number of hydrogen-bond donors (Lipinski definition) is 1. The molecule has 0 radical (unpaired) electrons. The third kappa shape index (κ3) is 5.61. The molecule has 0 saturated carbocycles. The number of carbonyl (C=O) groups is 1. The molecule has 0 fully saturated rings. The van der Waals surface area contributed by atoms with E-state index in [0.717, 1.165) is 22.7 Å². The number of benzene rings is 3. The third-order valence-electron chi connectivity index (χ3n) is 4.42. The van der Waals surface area contributed by atoms with Crippen LogP contribution in [0.2, 0.25) is 0 Å². The lowest BCUT2D eigenvalue weighted by Crippen LogP contribution is -2.39. The topological polar surface area (TPSA) is 41.6 Å². The van der Waals surface area contributed by atoms with Crippen molar-refractivity contribution in [3.8, 4) is 11.5 Å². The molecule has 144 valence electrons. The third-order valence-corrected chi connectivity index (χ3v) is 4.42. The highest BCUT2D eigenvalue weighted by molar-refractivity contribution is 5.81. The van der Waals surface area contributed by atoms with E-state index in [9.17, 15) is 4.79 Å². The molecular formula is C24H26N2O2. The monoisotopic (exact) mass is 374 g/mol. The number of nitrogens with one attached hydrogen (secondary N) is 1. The maximum absolute atomic E-state index is 12.7. The Morgan fingerprint density at radius 1 is 0.857 bits per heavy atom. The van der Waals surface area contributed by atoms with Crippen molar-refractivity contribution in [2.75, 3.05) is 11.9 Å². The summed E-state index contributed by atoms with van der Waals surface area (Å²) in [4.78, 5) is 14.6. The highest BCUT2D eigenvalue weighted by atomic mass is 16.5. The van der Waals surface area contributed by atoms with Gasteiger partial charge in [0.15, 0.2) is 0 Å². The molecule has 0 unspecified atom stereocenters. The van der Waals surface area contributed by atoms with Crippen molar-refractivity contribution in [1.82, 2.24) is 4.90 Å². The maximum Gasteiger partial charge on any atom is 0.242 e. The molecule has 3 aromatic carbocycles. The minimum atomic E-state index is 0.0727. The standard InChI is InChI=1S/C24H26N2O2/c1-19(2)26(18-20-9-5-3-6-10-20)24(27)17-25-21-13-15-23(16-14-21)28-22-11-7-4-8-12-22/h3-16,19,25H,17-18H2,1-2H3. The minimum Gasteiger partial charge on any atom is -0.457 e. The van der Waals surface area contributed by atoms with Crippen molar-refractivity contribution in [3.63, 3.8) is 0 Å². The summed E-state index contributed by atoms with van der Waals surface area (Å²) < 4.78 is 5.79. The summed E-state index contributed by atoms with van der Waals surface area (Å²) in [5.41, 5.74) is 2.02. The van der Waals surface area contributed by atoms with Crippen molar-refractivity contribution in [2.24, 2.45) is 0 Å². The highest BCUT2D eigenvalue weighted by Gasteiger charge is 2.17. The van der Waals surface area contributed by atoms with E-state index in [1.165, 1.54) is 0 Å². The van der Waals surface area contributed by atoms with E-state index >= 15 is 0 Å². The van der Waals surface area contributed by atoms with Crippen LogP contribution in [-0.4, -0.2) is 23.4 Å². The largest absolute Gasteiger partial charge is 0.457 e. The van der Waals surface area contributed by atoms with Crippen LogP contribution in [-0.2, 0) is 11.3 Å². The smallest absolute Gasteiger partial charge is 0.242 e. The van der Waals surface area contributed by atoms with Gasteiger partial charge in [0.25, 0.3) is 0 Å². The SMILES string of the molecule is CC(C)N(Cc1ccccc1)C(=O)CNc1ccc(Oc2ccccc2)cc1. The van der Waals surface area contributed by atoms with Crippen molar-refractivity contribution in [3.05, 3.63) is 90.5 Å². The molecule has 4 heteroatoms. The summed E-state index contributed by atoms with van der Waals surface area (Å²) in [5.74, 6) is 1.63. The van der Waals surface area contributed by atoms with Crippen molar-refractivity contribution in [2.45, 2.75) is 26.4 Å². The summed E-state index contributed by atoms with van der Waals surface area (Å²) in [6.45, 7) is 4.94. The summed E-state index contributed by atoms with van der Waals surface area (Å²) in [5, 5.41) is 3.21. The fraction of sp³-hybridized carbons (Fsp3) is 0.208. The van der Waals surface area contributed by atoms with Gasteiger partial charge in [-0.3, -0.25) is 4.79 Å². The first-order valence-corrected chi connectivity index (χ1v) is 9.52. The predicted molar refractivity (Wildman–Crippen MR) is 114 cm³/mol. The lowest BCUT2D eigenvalue weighted by atomic mass is 10.2. The molecule has 0 aromatic heterocycles. The Balaban J connectivity index is 1.55. The summed E-state index contributed by atoms with van der Waals surface area (Å²) in [6.07, 6.45) is 0. The quantitative estimate of drug-likeness (QED) is 0.579. The number of anilines is 1. The summed E-state index contributed by atoms with van der Waals surface area (Å²) in [6, 6.07) is 27.5. The van der Waals surface area contributed by atoms with Crippen LogP contribution < -0.4 is 10.1 Å². The molecule has 0 saturated heterocycles. The van der Waals surface area contributed by atoms with E-state index in [1.54, 1.807) is 0 Å². The summed E-state index contributed by atoms with van der Waals surface area (Å²) in [7, 11) is 0. The van der Waals surface area contributed by atoms with Gasteiger partial charge in [-0.2, -0.15) is 0 Å². The fourth-order valence-corrected chi connectivity index (χ4v) is 2.88. The second-order valence-corrected chi connectivity index (χ2v) is 6.89. The van der Waals surface area contributed by atoms with E-state index in [4.69, 9.17) is 4.74 Å². The molecule has 3 aromatic rings. The first kappa shape index (κ1) is 19.5. The molecule has 3 rings (SSSR count). The maximum atomic E-state index is 12.7. The van der Waals surface area contributed by atoms with Gasteiger partial charge in [-0.15, -0.1) is 0 Å². The van der Waals surface area contributed by atoms with Crippen molar-refractivity contribution < 1.29 is 9.53 Å². The van der Waals surface area contributed by atoms with E-state index in [0.29, 0.717) is 6.54 Å². The van der Waals surface area contributed by atoms with E-state index in [2.05, 4.69) is 5.32 Å². The van der Waals surface area contributed by atoms with Crippen molar-refractivity contribution in [1.29, 1.82) is 0 Å². The normalized spacial score (nSPS) is 10.5. The Bertz CT molecular complexity index is 862. The Morgan fingerprint density at radius 2 is 1.43 bits per heavy atom. The molecule has 0 aliphatic rings. The molecule has 28 heavy (non-hydrogen) atoms. The Labute approximate surface area is 166 Å². The predicted octanol–water partition coefficient (Wildman–Crippen LogP) is 5.33. The van der Waals surface area contributed by atoms with Gasteiger partial charge in [-0.05, 0) is 55.8 Å².